The number of nitrogens with zero attached hydrogens (tertiary/aromatic N) is 2. The van der Waals surface area contributed by atoms with Crippen LogP contribution in [0.3, 0.4) is 0 Å². The Balaban J connectivity index is 1.49. The Labute approximate surface area is 154 Å². The average Bonchev–Trinajstić information content (AvgIpc) is 2.65. The molecule has 2 fully saturated rings. The van der Waals surface area contributed by atoms with E-state index >= 15 is 0 Å². The van der Waals surface area contributed by atoms with Crippen LogP contribution in [0.4, 0.5) is 0 Å². The van der Waals surface area contributed by atoms with Crippen molar-refractivity contribution < 1.29 is 4.79 Å². The number of aromatic amines is 1. The Hall–Kier alpha value is -2.14. The summed E-state index contributed by atoms with van der Waals surface area (Å²) in [5, 5.41) is 1.08. The number of nitrogens with one attached hydrogen (secondary N) is 1. The Morgan fingerprint density at radius 2 is 2.04 bits per heavy atom. The van der Waals surface area contributed by atoms with Gasteiger partial charge in [-0.3, -0.25) is 14.5 Å². The first-order valence-electron chi connectivity index (χ1n) is 9.78. The predicted molar refractivity (Wildman–Crippen MR) is 103 cm³/mol. The van der Waals surface area contributed by atoms with Crippen molar-refractivity contribution in [3.63, 3.8) is 0 Å². The second-order valence-corrected chi connectivity index (χ2v) is 7.69. The quantitative estimate of drug-likeness (QED) is 0.919. The number of carbonyl (C=O) groups excluding carboxylic acids is 1. The minimum absolute atomic E-state index is 0.0113. The lowest BCUT2D eigenvalue weighted by Gasteiger charge is -2.47. The minimum Gasteiger partial charge on any atom is -0.339 e. The van der Waals surface area contributed by atoms with E-state index in [0.29, 0.717) is 30.8 Å². The summed E-state index contributed by atoms with van der Waals surface area (Å²) >= 11 is 0. The number of rotatable bonds is 4. The molecule has 1 amide bonds. The van der Waals surface area contributed by atoms with Gasteiger partial charge >= 0.3 is 0 Å². The maximum absolute atomic E-state index is 12.4. The lowest BCUT2D eigenvalue weighted by Crippen LogP contribution is -2.56. The van der Waals surface area contributed by atoms with Crippen LogP contribution in [0.25, 0.3) is 10.9 Å². The molecule has 1 aromatic heterocycles. The highest BCUT2D eigenvalue weighted by atomic mass is 16.2. The van der Waals surface area contributed by atoms with Crippen molar-refractivity contribution in [2.24, 2.45) is 5.92 Å². The molecule has 0 bridgehead atoms. The van der Waals surface area contributed by atoms with Crippen molar-refractivity contribution in [2.75, 3.05) is 19.6 Å². The van der Waals surface area contributed by atoms with Crippen LogP contribution in [0.1, 0.15) is 38.2 Å². The summed E-state index contributed by atoms with van der Waals surface area (Å²) in [6.07, 6.45) is 3.69. The van der Waals surface area contributed by atoms with Crippen LogP contribution in [-0.2, 0) is 11.3 Å². The van der Waals surface area contributed by atoms with Crippen LogP contribution in [0, 0.1) is 5.92 Å². The number of para-hydroxylation sites is 1. The molecule has 5 heteroatoms. The van der Waals surface area contributed by atoms with Crippen molar-refractivity contribution in [2.45, 2.75) is 45.2 Å². The molecule has 0 spiro atoms. The molecular formula is C21H27N3O2. The van der Waals surface area contributed by atoms with Gasteiger partial charge in [-0.2, -0.15) is 0 Å². The molecule has 2 atom stereocenters. The van der Waals surface area contributed by atoms with E-state index in [4.69, 9.17) is 0 Å². The molecule has 26 heavy (non-hydrogen) atoms. The Kier molecular flexibility index (Phi) is 4.81. The van der Waals surface area contributed by atoms with Crippen LogP contribution in [0.15, 0.2) is 35.1 Å². The zero-order chi connectivity index (χ0) is 18.1. The van der Waals surface area contributed by atoms with Gasteiger partial charge in [-0.25, -0.2) is 0 Å². The van der Waals surface area contributed by atoms with Crippen LogP contribution in [-0.4, -0.2) is 46.4 Å². The number of benzene rings is 1. The molecule has 5 nitrogen and oxygen atoms in total. The first-order chi connectivity index (χ1) is 12.7. The van der Waals surface area contributed by atoms with Gasteiger partial charge in [0, 0.05) is 49.7 Å². The smallest absolute Gasteiger partial charge is 0.252 e. The average molecular weight is 353 g/mol. The van der Waals surface area contributed by atoms with Gasteiger partial charge in [0.05, 0.1) is 0 Å². The number of hydrogen-bond acceptors (Lipinski definition) is 3. The monoisotopic (exact) mass is 353 g/mol. The maximum Gasteiger partial charge on any atom is 0.252 e. The molecule has 2 aliphatic heterocycles. The van der Waals surface area contributed by atoms with Crippen molar-refractivity contribution in [3.05, 3.63) is 46.2 Å². The SMILES string of the molecule is CCCN1C(=O)CC[C@H]2CN(Cc3cc4ccccc4[nH]c3=O)CC[C@H]21. The van der Waals surface area contributed by atoms with E-state index in [1.54, 1.807) is 0 Å². The van der Waals surface area contributed by atoms with Crippen LogP contribution in [0.5, 0.6) is 0 Å². The predicted octanol–water partition coefficient (Wildman–Crippen LogP) is 2.75. The van der Waals surface area contributed by atoms with Gasteiger partial charge in [0.25, 0.3) is 5.56 Å². The van der Waals surface area contributed by atoms with Gasteiger partial charge in [-0.1, -0.05) is 25.1 Å². The van der Waals surface area contributed by atoms with Crippen LogP contribution in [0.2, 0.25) is 0 Å². The molecule has 3 heterocycles. The van der Waals surface area contributed by atoms with Crippen molar-refractivity contribution in [1.29, 1.82) is 0 Å². The lowest BCUT2D eigenvalue weighted by molar-refractivity contribution is -0.141. The van der Waals surface area contributed by atoms with Crippen molar-refractivity contribution in [1.82, 2.24) is 14.8 Å². The number of carbonyl (C=O) groups is 1. The topological polar surface area (TPSA) is 56.4 Å². The summed E-state index contributed by atoms with van der Waals surface area (Å²) in [5.41, 5.74) is 1.73. The van der Waals surface area contributed by atoms with Crippen LogP contribution >= 0.6 is 0 Å². The molecule has 1 N–H and O–H groups in total. The van der Waals surface area contributed by atoms with Crippen molar-refractivity contribution in [3.8, 4) is 0 Å². The van der Waals surface area contributed by atoms with Gasteiger partial charge in [-0.15, -0.1) is 0 Å². The van der Waals surface area contributed by atoms with Gasteiger partial charge in [0.2, 0.25) is 5.91 Å². The fraction of sp³-hybridized carbons (Fsp3) is 0.524. The second-order valence-electron chi connectivity index (χ2n) is 7.69. The first kappa shape index (κ1) is 17.3. The Morgan fingerprint density at radius 1 is 1.19 bits per heavy atom. The van der Waals surface area contributed by atoms with Gasteiger partial charge in [-0.05, 0) is 42.7 Å². The molecule has 2 aromatic rings. The standard InChI is InChI=1S/C21H27N3O2/c1-2-10-24-19-9-11-23(13-16(19)7-8-20(24)25)14-17-12-15-5-3-4-6-18(15)22-21(17)26/h3-6,12,16,19H,2,7-11,13-14H2,1H3,(H,22,26)/t16-,19+/m0/s1. The minimum atomic E-state index is 0.0113. The third-order valence-corrected chi connectivity index (χ3v) is 5.92. The van der Waals surface area contributed by atoms with Gasteiger partial charge in [0.15, 0.2) is 0 Å². The summed E-state index contributed by atoms with van der Waals surface area (Å²) in [5.74, 6) is 0.861. The molecule has 0 aliphatic carbocycles. The fourth-order valence-electron chi connectivity index (χ4n) is 4.65. The summed E-state index contributed by atoms with van der Waals surface area (Å²) < 4.78 is 0. The number of aromatic nitrogens is 1. The molecular weight excluding hydrogens is 326 g/mol. The maximum atomic E-state index is 12.4. The normalized spacial score (nSPS) is 24.0. The van der Waals surface area contributed by atoms with E-state index in [0.717, 1.165) is 55.4 Å². The highest BCUT2D eigenvalue weighted by Crippen LogP contribution is 2.31. The molecule has 0 saturated carbocycles. The number of hydrogen-bond donors (Lipinski definition) is 1. The van der Waals surface area contributed by atoms with Crippen molar-refractivity contribution >= 4 is 16.8 Å². The molecule has 2 saturated heterocycles. The van der Waals surface area contributed by atoms with Crippen LogP contribution < -0.4 is 5.56 Å². The molecule has 138 valence electrons. The number of H-pyrrole nitrogens is 1. The van der Waals surface area contributed by atoms with E-state index in [2.05, 4.69) is 21.7 Å². The number of fused-ring (bicyclic) bond motifs is 2. The highest BCUT2D eigenvalue weighted by Gasteiger charge is 2.38. The summed E-state index contributed by atoms with van der Waals surface area (Å²) in [6.45, 7) is 5.62. The lowest BCUT2D eigenvalue weighted by atomic mass is 9.83. The number of pyridine rings is 1. The largest absolute Gasteiger partial charge is 0.339 e. The first-order valence-corrected chi connectivity index (χ1v) is 9.78. The summed E-state index contributed by atoms with van der Waals surface area (Å²) in [4.78, 5) is 32.2. The van der Waals surface area contributed by atoms with Gasteiger partial charge in [0.1, 0.15) is 0 Å². The Bertz CT molecular complexity index is 860. The molecule has 0 unspecified atom stereocenters. The number of amides is 1. The molecule has 4 rings (SSSR count). The van der Waals surface area contributed by atoms with E-state index in [1.807, 2.05) is 30.3 Å². The van der Waals surface area contributed by atoms with E-state index in [9.17, 15) is 9.59 Å². The van der Waals surface area contributed by atoms with E-state index in [-0.39, 0.29) is 5.56 Å². The summed E-state index contributed by atoms with van der Waals surface area (Å²) in [6, 6.07) is 10.3. The third kappa shape index (κ3) is 3.28. The molecule has 0 radical (unpaired) electrons. The van der Waals surface area contributed by atoms with E-state index in [1.165, 1.54) is 0 Å². The zero-order valence-electron chi connectivity index (χ0n) is 15.4. The third-order valence-electron chi connectivity index (χ3n) is 5.92. The number of piperidine rings is 2. The zero-order valence-corrected chi connectivity index (χ0v) is 15.4. The van der Waals surface area contributed by atoms with Gasteiger partial charge < -0.3 is 9.88 Å². The second kappa shape index (κ2) is 7.23. The molecule has 1 aromatic carbocycles. The molecule has 2 aliphatic rings. The Morgan fingerprint density at radius 3 is 2.88 bits per heavy atom. The van der Waals surface area contributed by atoms with E-state index < -0.39 is 0 Å². The summed E-state index contributed by atoms with van der Waals surface area (Å²) in [7, 11) is 0. The fourth-order valence-corrected chi connectivity index (χ4v) is 4.65. The highest BCUT2D eigenvalue weighted by molar-refractivity contribution is 5.78. The number of likely N-dealkylation sites (tertiary alicyclic amines) is 2.